The fraction of sp³-hybridized carbons (Fsp3) is 0.607. The van der Waals surface area contributed by atoms with Gasteiger partial charge in [0.05, 0.1) is 11.4 Å². The van der Waals surface area contributed by atoms with E-state index in [4.69, 9.17) is 4.98 Å². The summed E-state index contributed by atoms with van der Waals surface area (Å²) >= 11 is 0. The van der Waals surface area contributed by atoms with Gasteiger partial charge in [0.25, 0.3) is 5.92 Å². The first-order valence-electron chi connectivity index (χ1n) is 13.5. The first kappa shape index (κ1) is 26.0. The van der Waals surface area contributed by atoms with E-state index in [1.807, 2.05) is 6.92 Å². The van der Waals surface area contributed by atoms with Crippen LogP contribution in [0.4, 0.5) is 20.3 Å². The number of nitrogens with zero attached hydrogens (tertiary/aromatic N) is 5. The van der Waals surface area contributed by atoms with E-state index in [1.165, 1.54) is 12.6 Å². The first-order chi connectivity index (χ1) is 17.7. The van der Waals surface area contributed by atoms with Crippen LogP contribution in [0.25, 0.3) is 11.3 Å². The van der Waals surface area contributed by atoms with Gasteiger partial charge in [-0.25, -0.2) is 22.4 Å². The lowest BCUT2D eigenvalue weighted by atomic mass is 10.0. The molecule has 7 nitrogen and oxygen atoms in total. The quantitative estimate of drug-likeness (QED) is 0.558. The Hall–Kier alpha value is -2.30. The molecule has 3 atom stereocenters. The molecule has 4 heterocycles. The SMILES string of the molecule is Cc1ccc(CN2C[C@@H]3CN(C(C)(C)C)C[C@@H]3C2)cc1-c1ccc2c(n1)N(C)S(=O)(=O)N2CC1CC1(F)F. The summed E-state index contributed by atoms with van der Waals surface area (Å²) in [6.07, 6.45) is -0.275. The molecule has 38 heavy (non-hydrogen) atoms. The average Bonchev–Trinajstić information content (AvgIpc) is 3.11. The molecule has 1 unspecified atom stereocenters. The number of pyridine rings is 1. The highest BCUT2D eigenvalue weighted by Crippen LogP contribution is 2.51. The molecule has 206 valence electrons. The number of benzene rings is 1. The topological polar surface area (TPSA) is 60.0 Å². The molecular formula is C28H37F2N5O2S. The lowest BCUT2D eigenvalue weighted by Gasteiger charge is -2.33. The maximum Gasteiger partial charge on any atom is 0.327 e. The molecule has 10 heteroatoms. The van der Waals surface area contributed by atoms with Crippen molar-refractivity contribution >= 4 is 21.7 Å². The third-order valence-electron chi connectivity index (χ3n) is 8.88. The van der Waals surface area contributed by atoms with Crippen LogP contribution in [0.2, 0.25) is 0 Å². The van der Waals surface area contributed by atoms with Gasteiger partial charge in [0.15, 0.2) is 5.82 Å². The van der Waals surface area contributed by atoms with Gasteiger partial charge in [0.2, 0.25) is 0 Å². The molecule has 6 rings (SSSR count). The number of aromatic nitrogens is 1. The van der Waals surface area contributed by atoms with Gasteiger partial charge in [-0.2, -0.15) is 8.42 Å². The number of anilines is 2. The molecule has 1 saturated carbocycles. The molecule has 0 amide bonds. The van der Waals surface area contributed by atoms with Gasteiger partial charge in [0, 0.05) is 69.8 Å². The van der Waals surface area contributed by atoms with Crippen molar-refractivity contribution in [1.82, 2.24) is 14.8 Å². The van der Waals surface area contributed by atoms with Gasteiger partial charge in [0.1, 0.15) is 0 Å². The normalized spacial score (nSPS) is 28.1. The number of alkyl halides is 2. The van der Waals surface area contributed by atoms with E-state index in [0.717, 1.165) is 52.5 Å². The number of fused-ring (bicyclic) bond motifs is 2. The third kappa shape index (κ3) is 4.38. The third-order valence-corrected chi connectivity index (χ3v) is 10.7. The van der Waals surface area contributed by atoms with E-state index in [9.17, 15) is 17.2 Å². The molecule has 0 bridgehead atoms. The zero-order chi connectivity index (χ0) is 27.2. The van der Waals surface area contributed by atoms with E-state index in [1.54, 1.807) is 12.1 Å². The minimum absolute atomic E-state index is 0.220. The van der Waals surface area contributed by atoms with E-state index in [-0.39, 0.29) is 24.3 Å². The van der Waals surface area contributed by atoms with E-state index in [0.29, 0.717) is 23.2 Å². The van der Waals surface area contributed by atoms with Gasteiger partial charge in [-0.3, -0.25) is 9.80 Å². The van der Waals surface area contributed by atoms with Crippen molar-refractivity contribution in [2.24, 2.45) is 17.8 Å². The zero-order valence-corrected chi connectivity index (χ0v) is 23.6. The Bertz CT molecular complexity index is 1360. The van der Waals surface area contributed by atoms with Gasteiger partial charge in [-0.05, 0) is 68.9 Å². The average molecular weight is 546 g/mol. The van der Waals surface area contributed by atoms with Crippen LogP contribution >= 0.6 is 0 Å². The van der Waals surface area contributed by atoms with Crippen LogP contribution in [0.1, 0.15) is 38.3 Å². The second-order valence-corrected chi connectivity index (χ2v) is 14.5. The molecule has 0 radical (unpaired) electrons. The van der Waals surface area contributed by atoms with Gasteiger partial charge >= 0.3 is 10.2 Å². The van der Waals surface area contributed by atoms with E-state index in [2.05, 4.69) is 48.8 Å². The highest BCUT2D eigenvalue weighted by molar-refractivity contribution is 7.94. The van der Waals surface area contributed by atoms with Crippen LogP contribution in [-0.2, 0) is 16.8 Å². The highest BCUT2D eigenvalue weighted by Gasteiger charge is 2.59. The van der Waals surface area contributed by atoms with Crippen molar-refractivity contribution < 1.29 is 17.2 Å². The molecule has 2 aromatic rings. The van der Waals surface area contributed by atoms with Crippen LogP contribution in [-0.4, -0.2) is 74.4 Å². The molecule has 2 saturated heterocycles. The van der Waals surface area contributed by atoms with Crippen LogP contribution in [0, 0.1) is 24.7 Å². The Kier molecular flexibility index (Phi) is 5.87. The molecule has 1 aliphatic carbocycles. The molecular weight excluding hydrogens is 508 g/mol. The van der Waals surface area contributed by atoms with Crippen molar-refractivity contribution in [2.75, 3.05) is 48.4 Å². The number of aryl methyl sites for hydroxylation is 1. The molecule has 3 aliphatic heterocycles. The second-order valence-electron chi connectivity index (χ2n) is 12.6. The smallest absolute Gasteiger partial charge is 0.298 e. The maximum absolute atomic E-state index is 13.6. The Balaban J connectivity index is 1.21. The summed E-state index contributed by atoms with van der Waals surface area (Å²) in [7, 11) is -2.49. The summed E-state index contributed by atoms with van der Waals surface area (Å²) in [6, 6.07) is 9.92. The largest absolute Gasteiger partial charge is 0.327 e. The van der Waals surface area contributed by atoms with Crippen molar-refractivity contribution in [3.8, 4) is 11.3 Å². The monoisotopic (exact) mass is 545 g/mol. The maximum atomic E-state index is 13.6. The summed E-state index contributed by atoms with van der Waals surface area (Å²) in [6.45, 7) is 14.1. The second kappa shape index (κ2) is 8.60. The van der Waals surface area contributed by atoms with Gasteiger partial charge < -0.3 is 0 Å². The number of hydrogen-bond donors (Lipinski definition) is 0. The standard InChI is InChI=1S/C28H37F2N5O2S/c1-18-6-7-19(12-33-13-20-15-34(27(2,3)4)16-21(20)14-33)10-23(18)24-8-9-25-26(31-24)32(5)38(36,37)35(25)17-22-11-28(22,29)30/h6-10,20-22H,11-17H2,1-5H3/t20-,21+,22?. The van der Waals surface area contributed by atoms with E-state index < -0.39 is 22.0 Å². The Labute approximate surface area is 224 Å². The summed E-state index contributed by atoms with van der Waals surface area (Å²) in [5.74, 6) is -2.02. The van der Waals surface area contributed by atoms with Crippen LogP contribution in [0.3, 0.4) is 0 Å². The zero-order valence-electron chi connectivity index (χ0n) is 22.8. The Morgan fingerprint density at radius 3 is 2.32 bits per heavy atom. The summed E-state index contributed by atoms with van der Waals surface area (Å²) in [4.78, 5) is 9.88. The lowest BCUT2D eigenvalue weighted by Crippen LogP contribution is -2.41. The Morgan fingerprint density at radius 1 is 1.05 bits per heavy atom. The molecule has 0 spiro atoms. The number of rotatable bonds is 5. The molecule has 3 fully saturated rings. The van der Waals surface area contributed by atoms with Crippen molar-refractivity contribution in [3.63, 3.8) is 0 Å². The predicted molar refractivity (Wildman–Crippen MR) is 146 cm³/mol. The summed E-state index contributed by atoms with van der Waals surface area (Å²) in [5.41, 5.74) is 4.49. The van der Waals surface area contributed by atoms with Crippen molar-refractivity contribution in [3.05, 3.63) is 41.5 Å². The number of halogens is 2. The number of hydrogen-bond acceptors (Lipinski definition) is 5. The van der Waals surface area contributed by atoms with E-state index >= 15 is 0 Å². The minimum Gasteiger partial charge on any atom is -0.298 e. The highest BCUT2D eigenvalue weighted by atomic mass is 32.2. The van der Waals surface area contributed by atoms with Gasteiger partial charge in [-0.15, -0.1) is 0 Å². The fourth-order valence-electron chi connectivity index (χ4n) is 6.33. The summed E-state index contributed by atoms with van der Waals surface area (Å²) in [5, 5.41) is 0. The van der Waals surface area contributed by atoms with Crippen LogP contribution < -0.4 is 8.61 Å². The molecule has 1 aromatic carbocycles. The van der Waals surface area contributed by atoms with Crippen molar-refractivity contribution in [1.29, 1.82) is 0 Å². The van der Waals surface area contributed by atoms with Crippen LogP contribution in [0.5, 0.6) is 0 Å². The predicted octanol–water partition coefficient (Wildman–Crippen LogP) is 4.38. The lowest BCUT2D eigenvalue weighted by molar-refractivity contribution is 0.101. The summed E-state index contributed by atoms with van der Waals surface area (Å²) < 4.78 is 55.3. The molecule has 0 N–H and O–H groups in total. The first-order valence-corrected chi connectivity index (χ1v) is 14.9. The van der Waals surface area contributed by atoms with Gasteiger partial charge in [-0.1, -0.05) is 12.1 Å². The van der Waals surface area contributed by atoms with Crippen LogP contribution in [0.15, 0.2) is 30.3 Å². The minimum atomic E-state index is -3.92. The Morgan fingerprint density at radius 2 is 1.71 bits per heavy atom. The van der Waals surface area contributed by atoms with Crippen molar-refractivity contribution in [2.45, 2.75) is 52.1 Å². The molecule has 1 aromatic heterocycles. The number of likely N-dealkylation sites (tertiary alicyclic amines) is 2. The fourth-order valence-corrected chi connectivity index (χ4v) is 7.74. The molecule has 4 aliphatic rings.